The van der Waals surface area contributed by atoms with E-state index in [2.05, 4.69) is 15.0 Å². The van der Waals surface area contributed by atoms with Crippen LogP contribution in [0.2, 0.25) is 0 Å². The number of nitrogens with zero attached hydrogens (tertiary/aromatic N) is 3. The third-order valence-corrected chi connectivity index (χ3v) is 2.78. The molecule has 0 aliphatic carbocycles. The van der Waals surface area contributed by atoms with Crippen LogP contribution < -0.4 is 0 Å². The Hall–Kier alpha value is -2.87. The Balaban J connectivity index is 0.000000384. The van der Waals surface area contributed by atoms with Gasteiger partial charge >= 0.3 is 17.9 Å². The van der Waals surface area contributed by atoms with Crippen LogP contribution >= 0.6 is 0 Å². The molecule has 3 N–H and O–H groups in total. The van der Waals surface area contributed by atoms with E-state index in [0.717, 1.165) is 0 Å². The van der Waals surface area contributed by atoms with Gasteiger partial charge in [0.05, 0.1) is 16.7 Å². The van der Waals surface area contributed by atoms with Gasteiger partial charge in [-0.3, -0.25) is 15.0 Å². The van der Waals surface area contributed by atoms with Gasteiger partial charge in [0.15, 0.2) is 0 Å². The zero-order chi connectivity index (χ0) is 20.1. The number of pyridine rings is 3. The van der Waals surface area contributed by atoms with E-state index in [4.69, 9.17) is 15.3 Å². The molecular formula is C18H15DyN3O6. The molecule has 0 unspecified atom stereocenters. The first kappa shape index (κ1) is 25.1. The molecule has 0 saturated heterocycles. The summed E-state index contributed by atoms with van der Waals surface area (Å²) in [6, 6.07) is 8.68. The molecule has 148 valence electrons. The number of hydrogen-bond acceptors (Lipinski definition) is 6. The van der Waals surface area contributed by atoms with Crippen LogP contribution in [0, 0.1) is 38.2 Å². The molecule has 9 nitrogen and oxygen atoms in total. The number of carboxylic acid groups (broad SMARTS) is 3. The fourth-order valence-electron chi connectivity index (χ4n) is 1.48. The summed E-state index contributed by atoms with van der Waals surface area (Å²) in [5.74, 6) is -2.76. The van der Waals surface area contributed by atoms with Crippen molar-refractivity contribution in [2.75, 3.05) is 0 Å². The normalized spacial score (nSPS) is 8.57. The minimum absolute atomic E-state index is 0. The molecule has 0 aliphatic rings. The van der Waals surface area contributed by atoms with E-state index in [-0.39, 0.29) is 54.9 Å². The van der Waals surface area contributed by atoms with E-state index in [9.17, 15) is 14.4 Å². The number of aromatic carboxylic acids is 3. The van der Waals surface area contributed by atoms with Gasteiger partial charge in [0.1, 0.15) is 0 Å². The van der Waals surface area contributed by atoms with Crippen LogP contribution in [0.4, 0.5) is 0 Å². The maximum Gasteiger partial charge on any atom is 0.335 e. The monoisotopic (exact) mass is 533 g/mol. The summed E-state index contributed by atoms with van der Waals surface area (Å²) in [7, 11) is 0. The Morgan fingerprint density at radius 3 is 0.786 bits per heavy atom. The topological polar surface area (TPSA) is 151 Å². The molecular weight excluding hydrogens is 517 g/mol. The van der Waals surface area contributed by atoms with Gasteiger partial charge < -0.3 is 15.3 Å². The van der Waals surface area contributed by atoms with Gasteiger partial charge in [-0.1, -0.05) is 0 Å². The van der Waals surface area contributed by atoms with Crippen LogP contribution in [-0.4, -0.2) is 48.2 Å². The van der Waals surface area contributed by atoms with Crippen molar-refractivity contribution in [3.05, 3.63) is 90.3 Å². The van der Waals surface area contributed by atoms with Crippen LogP contribution in [-0.2, 0) is 0 Å². The standard InChI is InChI=1S/3C6H5NO2.Dy/c3*8-6(9)5-1-3-7-4-2-5;/h3*1-4H,(H,8,9);. The number of hydrogen-bond donors (Lipinski definition) is 3. The molecule has 3 heterocycles. The second kappa shape index (κ2) is 14.2. The van der Waals surface area contributed by atoms with E-state index in [1.165, 1.54) is 73.6 Å². The molecule has 0 aromatic carbocycles. The maximum atomic E-state index is 10.2. The minimum Gasteiger partial charge on any atom is -0.478 e. The second-order valence-electron chi connectivity index (χ2n) is 4.62. The summed E-state index contributed by atoms with van der Waals surface area (Å²) in [5, 5.41) is 25.1. The first-order valence-electron chi connectivity index (χ1n) is 7.31. The SMILES string of the molecule is O=C(O)c1ccncc1.O=C(O)c1ccncc1.O=C(O)c1ccncc1.[Dy]. The Bertz CT molecular complexity index is 747. The number of carboxylic acids is 3. The predicted octanol–water partition coefficient (Wildman–Crippen LogP) is 2.34. The Kier molecular flexibility index (Phi) is 12.8. The first-order valence-corrected chi connectivity index (χ1v) is 7.31. The van der Waals surface area contributed by atoms with Gasteiger partial charge in [-0.2, -0.15) is 0 Å². The molecule has 10 heteroatoms. The first-order chi connectivity index (χ1) is 12.9. The minimum atomic E-state index is -0.919. The molecule has 0 amide bonds. The van der Waals surface area contributed by atoms with Crippen molar-refractivity contribution >= 4 is 17.9 Å². The number of rotatable bonds is 3. The van der Waals surface area contributed by atoms with Gasteiger partial charge in [0.2, 0.25) is 0 Å². The summed E-state index contributed by atoms with van der Waals surface area (Å²) >= 11 is 0. The van der Waals surface area contributed by atoms with Gasteiger partial charge in [-0.05, 0) is 36.4 Å². The third kappa shape index (κ3) is 10.3. The van der Waals surface area contributed by atoms with Crippen LogP contribution in [0.25, 0.3) is 0 Å². The summed E-state index contributed by atoms with van der Waals surface area (Å²) < 4.78 is 0. The molecule has 0 bridgehead atoms. The molecule has 28 heavy (non-hydrogen) atoms. The van der Waals surface area contributed by atoms with Gasteiger partial charge in [0, 0.05) is 75.4 Å². The summed E-state index contributed by atoms with van der Waals surface area (Å²) in [5.41, 5.74) is 0.806. The largest absolute Gasteiger partial charge is 0.478 e. The molecule has 3 rings (SSSR count). The van der Waals surface area contributed by atoms with E-state index < -0.39 is 17.9 Å². The zero-order valence-electron chi connectivity index (χ0n) is 14.2. The van der Waals surface area contributed by atoms with Gasteiger partial charge in [0.25, 0.3) is 0 Å². The average Bonchev–Trinajstić information content (AvgIpc) is 2.71. The summed E-state index contributed by atoms with van der Waals surface area (Å²) in [4.78, 5) is 41.5. The molecule has 3 aromatic heterocycles. The van der Waals surface area contributed by atoms with Crippen molar-refractivity contribution in [3.8, 4) is 0 Å². The summed E-state index contributed by atoms with van der Waals surface area (Å²) in [6.07, 6.45) is 8.69. The quantitative estimate of drug-likeness (QED) is 0.462. The smallest absolute Gasteiger partial charge is 0.335 e. The third-order valence-electron chi connectivity index (χ3n) is 2.78. The average molecular weight is 532 g/mol. The summed E-state index contributed by atoms with van der Waals surface area (Å²) in [6.45, 7) is 0. The second-order valence-corrected chi connectivity index (χ2v) is 4.62. The zero-order valence-corrected chi connectivity index (χ0v) is 16.2. The number of aromatic nitrogens is 3. The Morgan fingerprint density at radius 2 is 0.679 bits per heavy atom. The van der Waals surface area contributed by atoms with Crippen LogP contribution in [0.15, 0.2) is 73.6 Å². The van der Waals surface area contributed by atoms with Crippen molar-refractivity contribution in [2.24, 2.45) is 0 Å². The maximum absolute atomic E-state index is 10.2. The van der Waals surface area contributed by atoms with E-state index in [0.29, 0.717) is 0 Å². The van der Waals surface area contributed by atoms with Crippen molar-refractivity contribution in [3.63, 3.8) is 0 Å². The van der Waals surface area contributed by atoms with Crippen molar-refractivity contribution < 1.29 is 67.9 Å². The molecule has 0 aliphatic heterocycles. The molecule has 3 aromatic rings. The van der Waals surface area contributed by atoms with Gasteiger partial charge in [-0.25, -0.2) is 14.4 Å². The van der Waals surface area contributed by atoms with Crippen LogP contribution in [0.3, 0.4) is 0 Å². The van der Waals surface area contributed by atoms with Crippen LogP contribution in [0.5, 0.6) is 0 Å². The molecule has 0 fully saturated rings. The molecule has 0 radical (unpaired) electrons. The van der Waals surface area contributed by atoms with Crippen molar-refractivity contribution in [1.82, 2.24) is 15.0 Å². The molecule has 0 spiro atoms. The molecule has 0 saturated carbocycles. The van der Waals surface area contributed by atoms with Crippen molar-refractivity contribution in [1.29, 1.82) is 0 Å². The predicted molar refractivity (Wildman–Crippen MR) is 93.6 cm³/mol. The molecule has 0 atom stereocenters. The van der Waals surface area contributed by atoms with Crippen molar-refractivity contribution in [2.45, 2.75) is 0 Å². The van der Waals surface area contributed by atoms with E-state index in [1.54, 1.807) is 0 Å². The van der Waals surface area contributed by atoms with Gasteiger partial charge in [-0.15, -0.1) is 0 Å². The fourth-order valence-corrected chi connectivity index (χ4v) is 1.48. The Labute approximate surface area is 190 Å². The number of carbonyl (C=O) groups is 3. The van der Waals surface area contributed by atoms with E-state index in [1.807, 2.05) is 0 Å². The van der Waals surface area contributed by atoms with Crippen LogP contribution in [0.1, 0.15) is 31.1 Å². The fraction of sp³-hybridized carbons (Fsp3) is 0. The van der Waals surface area contributed by atoms with E-state index >= 15 is 0 Å². The Morgan fingerprint density at radius 1 is 0.500 bits per heavy atom.